The van der Waals surface area contributed by atoms with Crippen molar-refractivity contribution in [3.05, 3.63) is 0 Å². The molecule has 1 N–H and O–H groups in total. The average molecular weight is 419 g/mol. The number of piperidine rings is 2. The summed E-state index contributed by atoms with van der Waals surface area (Å²) in [6, 6.07) is 1.88. The molecule has 3 heteroatoms. The minimum absolute atomic E-state index is 0.318. The van der Waals surface area contributed by atoms with Gasteiger partial charge in [0.05, 0.1) is 30.8 Å². The molecular weight excluding hydrogens is 370 g/mol. The third-order valence-corrected chi connectivity index (χ3v) is 10.6. The molecule has 3 nitrogen and oxygen atoms in total. The lowest BCUT2D eigenvalue weighted by Crippen LogP contribution is -3.23. The highest BCUT2D eigenvalue weighted by Crippen LogP contribution is 2.45. The van der Waals surface area contributed by atoms with E-state index >= 15 is 0 Å². The topological polar surface area (TPSA) is 22.9 Å². The van der Waals surface area contributed by atoms with Crippen LogP contribution < -0.4 is 4.90 Å². The Hall–Kier alpha value is -0.120. The first-order valence-electron chi connectivity index (χ1n) is 13.7. The Bertz CT molecular complexity index is 539. The Labute approximate surface area is 185 Å². The van der Waals surface area contributed by atoms with Crippen LogP contribution in [0.4, 0.5) is 0 Å². The van der Waals surface area contributed by atoms with Crippen LogP contribution in [0.1, 0.15) is 96.3 Å². The molecule has 8 atom stereocenters. The largest absolute Gasteiger partial charge is 0.379 e. The van der Waals surface area contributed by atoms with Crippen molar-refractivity contribution in [3.8, 4) is 0 Å². The number of quaternary nitrogens is 1. The Morgan fingerprint density at radius 1 is 0.533 bits per heavy atom. The fourth-order valence-electron chi connectivity index (χ4n) is 9.08. The molecular formula is C27H48NO2+. The third-order valence-electron chi connectivity index (χ3n) is 10.6. The van der Waals surface area contributed by atoms with Gasteiger partial charge >= 0.3 is 0 Å². The molecule has 0 bridgehead atoms. The summed E-state index contributed by atoms with van der Waals surface area (Å²) in [6.45, 7) is 1.44. The summed E-state index contributed by atoms with van der Waals surface area (Å²) in [4.78, 5) is 2.06. The zero-order chi connectivity index (χ0) is 20.5. The molecule has 30 heavy (non-hydrogen) atoms. The summed E-state index contributed by atoms with van der Waals surface area (Å²) in [6.07, 6.45) is 22.8. The van der Waals surface area contributed by atoms with Crippen LogP contribution in [-0.2, 0) is 9.47 Å². The third kappa shape index (κ3) is 4.25. The summed E-state index contributed by atoms with van der Waals surface area (Å²) in [5.74, 6) is 4.84. The van der Waals surface area contributed by atoms with Gasteiger partial charge in [-0.25, -0.2) is 0 Å². The van der Waals surface area contributed by atoms with E-state index in [1.807, 2.05) is 14.2 Å². The van der Waals surface area contributed by atoms with Crippen molar-refractivity contribution in [2.24, 2.45) is 29.6 Å². The van der Waals surface area contributed by atoms with Crippen molar-refractivity contribution in [1.29, 1.82) is 0 Å². The van der Waals surface area contributed by atoms with E-state index in [2.05, 4.69) is 4.90 Å². The smallest absolute Gasteiger partial charge is 0.0911 e. The number of methoxy groups -OCH3 is 2. The van der Waals surface area contributed by atoms with Gasteiger partial charge < -0.3 is 14.4 Å². The Morgan fingerprint density at radius 3 is 1.80 bits per heavy atom. The summed E-state index contributed by atoms with van der Waals surface area (Å²) in [7, 11) is 3.82. The van der Waals surface area contributed by atoms with E-state index < -0.39 is 0 Å². The lowest BCUT2D eigenvalue weighted by Gasteiger charge is -2.56. The molecule has 172 valence electrons. The lowest BCUT2D eigenvalue weighted by molar-refractivity contribution is -0.971. The normalized spacial score (nSPS) is 46.2. The van der Waals surface area contributed by atoms with Crippen molar-refractivity contribution >= 4 is 0 Å². The highest BCUT2D eigenvalue weighted by molar-refractivity contribution is 4.96. The molecule has 0 radical (unpaired) electrons. The van der Waals surface area contributed by atoms with Gasteiger partial charge in [-0.1, -0.05) is 51.4 Å². The van der Waals surface area contributed by atoms with Crippen LogP contribution >= 0.6 is 0 Å². The molecule has 0 amide bonds. The fraction of sp³-hybridized carbons (Fsp3) is 1.00. The molecule has 5 aliphatic rings. The molecule has 2 saturated heterocycles. The molecule has 0 aromatic heterocycles. The van der Waals surface area contributed by atoms with Crippen molar-refractivity contribution < 1.29 is 14.4 Å². The van der Waals surface area contributed by atoms with Crippen molar-refractivity contribution in [2.75, 3.05) is 20.8 Å². The molecule has 0 spiro atoms. The van der Waals surface area contributed by atoms with E-state index in [0.717, 1.165) is 41.7 Å². The second-order valence-corrected chi connectivity index (χ2v) is 11.8. The SMILES string of the molecule is COC1CC2CC[NH+]3C(C4CCCCC4)CC(C4CCCCC4)CC3C2CC1OC. The number of nitrogens with one attached hydrogen (secondary N) is 1. The maximum Gasteiger partial charge on any atom is 0.0911 e. The molecule has 5 rings (SSSR count). The van der Waals surface area contributed by atoms with E-state index in [-0.39, 0.29) is 0 Å². The van der Waals surface area contributed by atoms with Gasteiger partial charge in [0.1, 0.15) is 0 Å². The second kappa shape index (κ2) is 9.79. The second-order valence-electron chi connectivity index (χ2n) is 11.8. The first-order chi connectivity index (χ1) is 14.8. The van der Waals surface area contributed by atoms with Gasteiger partial charge in [0.2, 0.25) is 0 Å². The first kappa shape index (κ1) is 21.7. The van der Waals surface area contributed by atoms with Crippen molar-refractivity contribution in [1.82, 2.24) is 0 Å². The molecule has 5 fully saturated rings. The molecule has 2 heterocycles. The summed E-state index contributed by atoms with van der Waals surface area (Å²) < 4.78 is 11.9. The Morgan fingerprint density at radius 2 is 1.13 bits per heavy atom. The fourth-order valence-corrected chi connectivity index (χ4v) is 9.08. The van der Waals surface area contributed by atoms with Gasteiger partial charge in [0.25, 0.3) is 0 Å². The van der Waals surface area contributed by atoms with Crippen LogP contribution in [0.2, 0.25) is 0 Å². The van der Waals surface area contributed by atoms with Gasteiger partial charge in [0, 0.05) is 38.9 Å². The predicted molar refractivity (Wildman–Crippen MR) is 122 cm³/mol. The maximum atomic E-state index is 5.98. The minimum atomic E-state index is 0.318. The first-order valence-corrected chi connectivity index (χ1v) is 13.7. The number of hydrogen-bond donors (Lipinski definition) is 1. The standard InChI is InChI=1S/C27H47NO2/c1-29-26-17-21-13-14-28-24(20-11-7-4-8-12-20)15-22(19-9-5-3-6-10-19)16-25(28)23(21)18-27(26)30-2/h19-27H,3-18H2,1-2H3/p+1. The summed E-state index contributed by atoms with van der Waals surface area (Å²) in [5.41, 5.74) is 0. The molecule has 3 aliphatic carbocycles. The molecule has 8 unspecified atom stereocenters. The van der Waals surface area contributed by atoms with Crippen LogP contribution in [0.15, 0.2) is 0 Å². The molecule has 0 aromatic rings. The average Bonchev–Trinajstić information content (AvgIpc) is 2.83. The zero-order valence-corrected chi connectivity index (χ0v) is 19.8. The van der Waals surface area contributed by atoms with E-state index in [4.69, 9.17) is 9.47 Å². The zero-order valence-electron chi connectivity index (χ0n) is 19.8. The van der Waals surface area contributed by atoms with E-state index in [9.17, 15) is 0 Å². The number of hydrogen-bond acceptors (Lipinski definition) is 2. The van der Waals surface area contributed by atoms with Crippen LogP contribution in [0.25, 0.3) is 0 Å². The number of ether oxygens (including phenoxy) is 2. The van der Waals surface area contributed by atoms with Gasteiger partial charge in [-0.05, 0) is 49.9 Å². The number of fused-ring (bicyclic) bond motifs is 3. The van der Waals surface area contributed by atoms with Gasteiger partial charge in [-0.2, -0.15) is 0 Å². The maximum absolute atomic E-state index is 5.98. The summed E-state index contributed by atoms with van der Waals surface area (Å²) >= 11 is 0. The highest BCUT2D eigenvalue weighted by atomic mass is 16.5. The minimum Gasteiger partial charge on any atom is -0.379 e. The van der Waals surface area contributed by atoms with Crippen molar-refractivity contribution in [3.63, 3.8) is 0 Å². The van der Waals surface area contributed by atoms with Crippen LogP contribution in [0, 0.1) is 29.6 Å². The molecule has 0 aromatic carbocycles. The number of rotatable bonds is 4. The monoisotopic (exact) mass is 418 g/mol. The Kier molecular flexibility index (Phi) is 7.09. The van der Waals surface area contributed by atoms with E-state index in [1.165, 1.54) is 96.4 Å². The molecule has 3 saturated carbocycles. The van der Waals surface area contributed by atoms with Gasteiger partial charge in [-0.3, -0.25) is 0 Å². The van der Waals surface area contributed by atoms with Crippen molar-refractivity contribution in [2.45, 2.75) is 121 Å². The van der Waals surface area contributed by atoms with E-state index in [1.54, 1.807) is 6.42 Å². The highest BCUT2D eigenvalue weighted by Gasteiger charge is 2.54. The van der Waals surface area contributed by atoms with Crippen LogP contribution in [0.5, 0.6) is 0 Å². The van der Waals surface area contributed by atoms with Crippen LogP contribution in [-0.4, -0.2) is 45.1 Å². The molecule has 2 aliphatic heterocycles. The summed E-state index contributed by atoms with van der Waals surface area (Å²) in [5, 5.41) is 0. The van der Waals surface area contributed by atoms with Gasteiger partial charge in [0.15, 0.2) is 0 Å². The Balaban J connectivity index is 1.38. The van der Waals surface area contributed by atoms with Gasteiger partial charge in [-0.15, -0.1) is 0 Å². The quantitative estimate of drug-likeness (QED) is 0.719. The predicted octanol–water partition coefficient (Wildman–Crippen LogP) is 4.64. The van der Waals surface area contributed by atoms with E-state index in [0.29, 0.717) is 12.2 Å². The lowest BCUT2D eigenvalue weighted by atomic mass is 9.61. The van der Waals surface area contributed by atoms with Crippen LogP contribution in [0.3, 0.4) is 0 Å².